The van der Waals surface area contributed by atoms with Crippen LogP contribution in [-0.4, -0.2) is 23.5 Å². The molecule has 1 aromatic rings. The number of halogens is 2. The molecule has 0 radical (unpaired) electrons. The summed E-state index contributed by atoms with van der Waals surface area (Å²) < 4.78 is 0. The monoisotopic (exact) mass is 344 g/mol. The van der Waals surface area contributed by atoms with Gasteiger partial charge in [0.2, 0.25) is 0 Å². The Morgan fingerprint density at radius 1 is 1.33 bits per heavy atom. The summed E-state index contributed by atoms with van der Waals surface area (Å²) >= 11 is 13.9. The van der Waals surface area contributed by atoms with E-state index in [9.17, 15) is 0 Å². The Hall–Kier alpha value is -0.380. The van der Waals surface area contributed by atoms with Gasteiger partial charge in [-0.05, 0) is 36.0 Å². The van der Waals surface area contributed by atoms with Crippen LogP contribution in [0.25, 0.3) is 0 Å². The average Bonchev–Trinajstić information content (AvgIpc) is 2.41. The number of hydrogen-bond acceptors (Lipinski definition) is 2. The summed E-state index contributed by atoms with van der Waals surface area (Å²) in [6.07, 6.45) is 2.03. The highest BCUT2D eigenvalue weighted by Crippen LogP contribution is 2.27. The van der Waals surface area contributed by atoms with Crippen LogP contribution >= 0.6 is 35.0 Å². The number of aliphatic imine (C=N–C) groups is 1. The van der Waals surface area contributed by atoms with Gasteiger partial charge >= 0.3 is 0 Å². The molecular formula is C16H22Cl2N2S. The first-order valence-electron chi connectivity index (χ1n) is 7.24. The minimum atomic E-state index is 0.265. The van der Waals surface area contributed by atoms with E-state index < -0.39 is 0 Å². The van der Waals surface area contributed by atoms with Crippen LogP contribution in [0.15, 0.2) is 23.2 Å². The zero-order valence-electron chi connectivity index (χ0n) is 12.7. The molecule has 0 saturated carbocycles. The molecule has 1 saturated heterocycles. The fourth-order valence-electron chi connectivity index (χ4n) is 2.28. The minimum absolute atomic E-state index is 0.265. The van der Waals surface area contributed by atoms with Crippen molar-refractivity contribution < 1.29 is 0 Å². The van der Waals surface area contributed by atoms with Crippen LogP contribution in [0.3, 0.4) is 0 Å². The Kier molecular flexibility index (Phi) is 5.87. The summed E-state index contributed by atoms with van der Waals surface area (Å²) in [6, 6.07) is 6.13. The number of benzene rings is 1. The zero-order chi connectivity index (χ0) is 15.5. The van der Waals surface area contributed by atoms with Crippen LogP contribution in [0, 0.1) is 5.41 Å². The van der Waals surface area contributed by atoms with Crippen LogP contribution < -0.4 is 5.32 Å². The number of thioether (sulfide) groups is 1. The highest BCUT2D eigenvalue weighted by atomic mass is 35.5. The number of nitrogens with zero attached hydrogens (tertiary/aromatic N) is 1. The lowest BCUT2D eigenvalue weighted by molar-refractivity contribution is 0.290. The molecule has 21 heavy (non-hydrogen) atoms. The van der Waals surface area contributed by atoms with Crippen molar-refractivity contribution >= 4 is 40.1 Å². The Bertz CT molecular complexity index is 523. The predicted molar refractivity (Wildman–Crippen MR) is 95.9 cm³/mol. The molecule has 2 rings (SSSR count). The van der Waals surface area contributed by atoms with Crippen molar-refractivity contribution in [3.05, 3.63) is 33.8 Å². The van der Waals surface area contributed by atoms with Crippen LogP contribution in [0.2, 0.25) is 10.0 Å². The van der Waals surface area contributed by atoms with Crippen molar-refractivity contribution in [3.63, 3.8) is 0 Å². The van der Waals surface area contributed by atoms with Gasteiger partial charge in [-0.1, -0.05) is 61.8 Å². The lowest BCUT2D eigenvalue weighted by Crippen LogP contribution is -2.46. The average molecular weight is 345 g/mol. The van der Waals surface area contributed by atoms with Crippen LogP contribution in [0.1, 0.15) is 32.8 Å². The molecule has 1 fully saturated rings. The molecule has 5 heteroatoms. The predicted octanol–water partition coefficient (Wildman–Crippen LogP) is 5.03. The molecule has 1 N–H and O–H groups in total. The maximum atomic E-state index is 6.18. The van der Waals surface area contributed by atoms with Gasteiger partial charge in [-0.2, -0.15) is 0 Å². The van der Waals surface area contributed by atoms with Crippen LogP contribution in [-0.2, 0) is 6.42 Å². The summed E-state index contributed by atoms with van der Waals surface area (Å²) in [6.45, 7) is 7.55. The summed E-state index contributed by atoms with van der Waals surface area (Å²) in [7, 11) is 0. The molecule has 2 nitrogen and oxygen atoms in total. The molecule has 0 aromatic heterocycles. The van der Waals surface area contributed by atoms with Crippen molar-refractivity contribution in [1.82, 2.24) is 5.32 Å². The fourth-order valence-corrected chi connectivity index (χ4v) is 3.74. The van der Waals surface area contributed by atoms with Crippen molar-refractivity contribution in [2.24, 2.45) is 10.4 Å². The first-order valence-corrected chi connectivity index (χ1v) is 8.98. The first-order chi connectivity index (χ1) is 9.86. The first kappa shape index (κ1) is 17.0. The third kappa shape index (κ3) is 5.08. The quantitative estimate of drug-likeness (QED) is 0.831. The summed E-state index contributed by atoms with van der Waals surface area (Å²) in [4.78, 5) is 4.68. The standard InChI is InChI=1S/C16H22Cl2N2S/c1-16(2,3)14-7-9-21-15(20-14)19-8-6-11-4-5-12(17)10-13(11)18/h4-5,10,14H,6-9H2,1-3H3,(H,19,20). The van der Waals surface area contributed by atoms with E-state index in [1.165, 1.54) is 6.42 Å². The Morgan fingerprint density at radius 2 is 2.10 bits per heavy atom. The normalized spacial score (nSPS) is 21.4. The van der Waals surface area contributed by atoms with E-state index in [2.05, 4.69) is 31.1 Å². The van der Waals surface area contributed by atoms with Gasteiger partial charge in [-0.15, -0.1) is 0 Å². The Morgan fingerprint density at radius 3 is 2.76 bits per heavy atom. The van der Waals surface area contributed by atoms with Crippen LogP contribution in [0.4, 0.5) is 0 Å². The van der Waals surface area contributed by atoms with E-state index >= 15 is 0 Å². The molecule has 0 bridgehead atoms. The van der Waals surface area contributed by atoms with Gasteiger partial charge in [0.15, 0.2) is 5.17 Å². The topological polar surface area (TPSA) is 24.4 Å². The van der Waals surface area contributed by atoms with Gasteiger partial charge in [0.05, 0.1) is 0 Å². The summed E-state index contributed by atoms with van der Waals surface area (Å²) in [5.41, 5.74) is 1.36. The molecule has 116 valence electrons. The van der Waals surface area contributed by atoms with Crippen molar-refractivity contribution in [2.75, 3.05) is 12.3 Å². The van der Waals surface area contributed by atoms with Gasteiger partial charge in [0.1, 0.15) is 0 Å². The fraction of sp³-hybridized carbons (Fsp3) is 0.562. The van der Waals surface area contributed by atoms with Gasteiger partial charge in [-0.25, -0.2) is 0 Å². The Labute approximate surface area is 141 Å². The third-order valence-electron chi connectivity index (χ3n) is 3.64. The van der Waals surface area contributed by atoms with Crippen molar-refractivity contribution in [2.45, 2.75) is 39.7 Å². The third-order valence-corrected chi connectivity index (χ3v) is 5.19. The molecule has 1 aromatic carbocycles. The maximum Gasteiger partial charge on any atom is 0.156 e. The van der Waals surface area contributed by atoms with Crippen molar-refractivity contribution in [1.29, 1.82) is 0 Å². The van der Waals surface area contributed by atoms with E-state index in [1.807, 2.05) is 23.9 Å². The number of nitrogens with one attached hydrogen (secondary N) is 1. The molecule has 1 heterocycles. The highest BCUT2D eigenvalue weighted by molar-refractivity contribution is 8.13. The van der Waals surface area contributed by atoms with E-state index in [4.69, 9.17) is 23.2 Å². The number of rotatable bonds is 3. The van der Waals surface area contributed by atoms with E-state index in [-0.39, 0.29) is 5.41 Å². The maximum absolute atomic E-state index is 6.18. The van der Waals surface area contributed by atoms with Gasteiger partial charge in [-0.3, -0.25) is 4.99 Å². The van der Waals surface area contributed by atoms with E-state index in [1.54, 1.807) is 6.07 Å². The molecule has 1 atom stereocenters. The molecule has 1 aliphatic rings. The summed E-state index contributed by atoms with van der Waals surface area (Å²) in [5, 5.41) is 6.02. The van der Waals surface area contributed by atoms with E-state index in [0.29, 0.717) is 11.1 Å². The SMILES string of the molecule is CC(C)(C)C1CCSC(=NCCc2ccc(Cl)cc2Cl)N1. The van der Waals surface area contributed by atoms with Crippen LogP contribution in [0.5, 0.6) is 0 Å². The second-order valence-corrected chi connectivity index (χ2v) is 8.30. The number of hydrogen-bond donors (Lipinski definition) is 1. The molecule has 1 aliphatic heterocycles. The van der Waals surface area contributed by atoms with Gasteiger partial charge in [0.25, 0.3) is 0 Å². The lowest BCUT2D eigenvalue weighted by atomic mass is 9.85. The van der Waals surface area contributed by atoms with Gasteiger partial charge in [0, 0.05) is 28.4 Å². The molecule has 0 aliphatic carbocycles. The van der Waals surface area contributed by atoms with Gasteiger partial charge < -0.3 is 5.32 Å². The van der Waals surface area contributed by atoms with E-state index in [0.717, 1.165) is 34.5 Å². The minimum Gasteiger partial charge on any atom is -0.362 e. The second kappa shape index (κ2) is 7.26. The van der Waals surface area contributed by atoms with Crippen molar-refractivity contribution in [3.8, 4) is 0 Å². The second-order valence-electron chi connectivity index (χ2n) is 6.37. The highest BCUT2D eigenvalue weighted by Gasteiger charge is 2.28. The zero-order valence-corrected chi connectivity index (χ0v) is 15.1. The molecule has 0 spiro atoms. The lowest BCUT2D eigenvalue weighted by Gasteiger charge is -2.35. The summed E-state index contributed by atoms with van der Waals surface area (Å²) in [5.74, 6) is 1.13. The Balaban J connectivity index is 1.92. The molecule has 0 amide bonds. The number of amidine groups is 1. The molecular weight excluding hydrogens is 323 g/mol. The largest absolute Gasteiger partial charge is 0.362 e. The molecule has 1 unspecified atom stereocenters. The smallest absolute Gasteiger partial charge is 0.156 e.